The topological polar surface area (TPSA) is 63.2 Å². The van der Waals surface area contributed by atoms with Gasteiger partial charge in [0.25, 0.3) is 10.0 Å². The minimum atomic E-state index is -3.62. The summed E-state index contributed by atoms with van der Waals surface area (Å²) in [5, 5.41) is 0.674. The molecular formula is C15H14BrNO3S. The zero-order chi connectivity index (χ0) is 15.5. The van der Waals surface area contributed by atoms with Crippen LogP contribution in [0.1, 0.15) is 22.8 Å². The summed E-state index contributed by atoms with van der Waals surface area (Å²) in [7, 11) is -3.62. The highest BCUT2D eigenvalue weighted by molar-refractivity contribution is 9.08. The van der Waals surface area contributed by atoms with Gasteiger partial charge in [0.1, 0.15) is 0 Å². The average molecular weight is 368 g/mol. The van der Waals surface area contributed by atoms with Crippen molar-refractivity contribution in [1.82, 2.24) is 0 Å². The molecule has 0 fully saturated rings. The molecule has 0 aliphatic carbocycles. The molecule has 2 aromatic carbocycles. The Bertz CT molecular complexity index is 737. The van der Waals surface area contributed by atoms with Gasteiger partial charge in [0, 0.05) is 16.6 Å². The first-order valence-corrected chi connectivity index (χ1v) is 8.81. The summed E-state index contributed by atoms with van der Waals surface area (Å²) < 4.78 is 26.9. The largest absolute Gasteiger partial charge is 0.295 e. The van der Waals surface area contributed by atoms with Crippen LogP contribution < -0.4 is 4.72 Å². The van der Waals surface area contributed by atoms with E-state index >= 15 is 0 Å². The van der Waals surface area contributed by atoms with E-state index in [1.165, 1.54) is 6.92 Å². The van der Waals surface area contributed by atoms with E-state index in [1.54, 1.807) is 48.5 Å². The van der Waals surface area contributed by atoms with E-state index in [9.17, 15) is 13.2 Å². The second-order valence-corrected chi connectivity index (χ2v) is 6.76. The van der Waals surface area contributed by atoms with Crippen molar-refractivity contribution >= 4 is 37.4 Å². The summed E-state index contributed by atoms with van der Waals surface area (Å²) in [6.45, 7) is 1.46. The molecule has 0 amide bonds. The molecule has 0 aromatic heterocycles. The van der Waals surface area contributed by atoms with E-state index in [4.69, 9.17) is 0 Å². The Kier molecular flexibility index (Phi) is 4.80. The number of hydrogen-bond donors (Lipinski definition) is 1. The van der Waals surface area contributed by atoms with Gasteiger partial charge in [-0.05, 0) is 48.9 Å². The van der Waals surface area contributed by atoms with Crippen molar-refractivity contribution in [3.63, 3.8) is 0 Å². The molecule has 6 heteroatoms. The van der Waals surface area contributed by atoms with Gasteiger partial charge in [-0.1, -0.05) is 28.1 Å². The van der Waals surface area contributed by atoms with Crippen LogP contribution in [0.25, 0.3) is 0 Å². The van der Waals surface area contributed by atoms with E-state index in [1.807, 2.05) is 0 Å². The molecule has 0 unspecified atom stereocenters. The zero-order valence-corrected chi connectivity index (χ0v) is 13.7. The van der Waals surface area contributed by atoms with Gasteiger partial charge in [0.05, 0.1) is 4.90 Å². The Hall–Kier alpha value is -1.66. The Morgan fingerprint density at radius 3 is 2.10 bits per heavy atom. The monoisotopic (exact) mass is 367 g/mol. The molecule has 21 heavy (non-hydrogen) atoms. The second kappa shape index (κ2) is 6.41. The Morgan fingerprint density at radius 2 is 1.62 bits per heavy atom. The van der Waals surface area contributed by atoms with Crippen LogP contribution in [0.15, 0.2) is 53.4 Å². The molecule has 0 aliphatic heterocycles. The fraction of sp³-hybridized carbons (Fsp3) is 0.133. The third-order valence-corrected chi connectivity index (χ3v) is 4.98. The lowest BCUT2D eigenvalue weighted by molar-refractivity contribution is 0.101. The van der Waals surface area contributed by atoms with Crippen LogP contribution in [-0.4, -0.2) is 14.2 Å². The molecule has 2 rings (SSSR count). The van der Waals surface area contributed by atoms with Crippen LogP contribution in [0.5, 0.6) is 0 Å². The summed E-state index contributed by atoms with van der Waals surface area (Å²) in [5.74, 6) is -0.0604. The van der Waals surface area contributed by atoms with Crippen LogP contribution >= 0.6 is 15.9 Å². The summed E-state index contributed by atoms with van der Waals surface area (Å²) in [6, 6.07) is 12.9. The Labute approximate surface area is 132 Å². The molecule has 0 radical (unpaired) electrons. The van der Waals surface area contributed by atoms with Gasteiger partial charge in [0.2, 0.25) is 0 Å². The minimum absolute atomic E-state index is 0.0604. The van der Waals surface area contributed by atoms with Crippen molar-refractivity contribution in [2.24, 2.45) is 0 Å². The number of Topliss-reactive ketones (excluding diaryl/α,β-unsaturated/α-hetero) is 1. The number of anilines is 1. The van der Waals surface area contributed by atoms with Gasteiger partial charge in [-0.25, -0.2) is 8.42 Å². The molecule has 2 aromatic rings. The first kappa shape index (κ1) is 15.7. The number of nitrogens with one attached hydrogen (secondary N) is 1. The standard InChI is InChI=1S/C15H14BrNO3S/c1-11(18)13-4-6-14(7-5-13)17-21(19,20)15-8-2-12(10-16)3-9-15/h2-9,17H,10H2,1H3. The first-order chi connectivity index (χ1) is 9.92. The van der Waals surface area contributed by atoms with Crippen LogP contribution in [-0.2, 0) is 15.4 Å². The molecule has 0 heterocycles. The summed E-state index contributed by atoms with van der Waals surface area (Å²) >= 11 is 3.31. The molecule has 0 saturated carbocycles. The van der Waals surface area contributed by atoms with Crippen LogP contribution in [0.3, 0.4) is 0 Å². The van der Waals surface area contributed by atoms with Crippen molar-refractivity contribution in [2.45, 2.75) is 17.1 Å². The van der Waals surface area contributed by atoms with Crippen molar-refractivity contribution in [2.75, 3.05) is 4.72 Å². The average Bonchev–Trinajstić information content (AvgIpc) is 2.47. The number of hydrogen-bond acceptors (Lipinski definition) is 3. The highest BCUT2D eigenvalue weighted by atomic mass is 79.9. The number of halogens is 1. The molecule has 0 bridgehead atoms. The summed E-state index contributed by atoms with van der Waals surface area (Å²) in [6.07, 6.45) is 0. The van der Waals surface area contributed by atoms with Gasteiger partial charge < -0.3 is 0 Å². The Balaban J connectivity index is 2.21. The molecule has 4 nitrogen and oxygen atoms in total. The lowest BCUT2D eigenvalue weighted by atomic mass is 10.1. The lowest BCUT2D eigenvalue weighted by Crippen LogP contribution is -2.13. The predicted octanol–water partition coefficient (Wildman–Crippen LogP) is 3.58. The Morgan fingerprint density at radius 1 is 1.05 bits per heavy atom. The van der Waals surface area contributed by atoms with Gasteiger partial charge in [-0.2, -0.15) is 0 Å². The van der Waals surface area contributed by atoms with E-state index in [2.05, 4.69) is 20.7 Å². The van der Waals surface area contributed by atoms with Crippen molar-refractivity contribution in [3.05, 3.63) is 59.7 Å². The number of carbonyl (C=O) groups is 1. The highest BCUT2D eigenvalue weighted by Gasteiger charge is 2.14. The summed E-state index contributed by atoms with van der Waals surface area (Å²) in [4.78, 5) is 11.4. The van der Waals surface area contributed by atoms with Crippen molar-refractivity contribution in [1.29, 1.82) is 0 Å². The van der Waals surface area contributed by atoms with Crippen LogP contribution in [0.2, 0.25) is 0 Å². The predicted molar refractivity (Wildman–Crippen MR) is 86.3 cm³/mol. The molecule has 0 aliphatic rings. The fourth-order valence-corrected chi connectivity index (χ4v) is 3.18. The quantitative estimate of drug-likeness (QED) is 0.648. The SMILES string of the molecule is CC(=O)c1ccc(NS(=O)(=O)c2ccc(CBr)cc2)cc1. The van der Waals surface area contributed by atoms with Gasteiger partial charge in [0.15, 0.2) is 5.78 Å². The summed E-state index contributed by atoms with van der Waals surface area (Å²) in [5.41, 5.74) is 1.96. The number of benzene rings is 2. The first-order valence-electron chi connectivity index (χ1n) is 6.21. The molecule has 0 saturated heterocycles. The highest BCUT2D eigenvalue weighted by Crippen LogP contribution is 2.18. The molecule has 1 N–H and O–H groups in total. The van der Waals surface area contributed by atoms with Gasteiger partial charge in [-0.15, -0.1) is 0 Å². The lowest BCUT2D eigenvalue weighted by Gasteiger charge is -2.09. The van der Waals surface area contributed by atoms with E-state index < -0.39 is 10.0 Å². The number of carbonyl (C=O) groups excluding carboxylic acids is 1. The minimum Gasteiger partial charge on any atom is -0.295 e. The van der Waals surface area contributed by atoms with Crippen molar-refractivity contribution in [3.8, 4) is 0 Å². The van der Waals surface area contributed by atoms with E-state index in [-0.39, 0.29) is 10.7 Å². The number of alkyl halides is 1. The van der Waals surface area contributed by atoms with Crippen LogP contribution in [0, 0.1) is 0 Å². The van der Waals surface area contributed by atoms with Crippen molar-refractivity contribution < 1.29 is 13.2 Å². The maximum absolute atomic E-state index is 12.2. The van der Waals surface area contributed by atoms with E-state index in [0.29, 0.717) is 16.6 Å². The zero-order valence-electron chi connectivity index (χ0n) is 11.3. The molecule has 110 valence electrons. The number of rotatable bonds is 5. The third-order valence-electron chi connectivity index (χ3n) is 2.93. The number of ketones is 1. The van der Waals surface area contributed by atoms with Crippen LogP contribution in [0.4, 0.5) is 5.69 Å². The van der Waals surface area contributed by atoms with Gasteiger partial charge >= 0.3 is 0 Å². The fourth-order valence-electron chi connectivity index (χ4n) is 1.74. The smallest absolute Gasteiger partial charge is 0.261 e. The van der Waals surface area contributed by atoms with E-state index in [0.717, 1.165) is 5.56 Å². The number of sulfonamides is 1. The maximum atomic E-state index is 12.2. The second-order valence-electron chi connectivity index (χ2n) is 4.52. The maximum Gasteiger partial charge on any atom is 0.261 e. The normalized spacial score (nSPS) is 11.1. The third kappa shape index (κ3) is 3.92. The molecular weight excluding hydrogens is 354 g/mol. The molecule has 0 atom stereocenters. The van der Waals surface area contributed by atoms with Gasteiger partial charge in [-0.3, -0.25) is 9.52 Å². The molecule has 0 spiro atoms.